The summed E-state index contributed by atoms with van der Waals surface area (Å²) in [5, 5.41) is 5.12. The molecular formula is C23H19N3O3S2. The number of amides is 1. The maximum absolute atomic E-state index is 12.7. The third-order valence-electron chi connectivity index (χ3n) is 4.50. The highest BCUT2D eigenvalue weighted by atomic mass is 32.2. The molecule has 0 spiro atoms. The first kappa shape index (κ1) is 20.8. The summed E-state index contributed by atoms with van der Waals surface area (Å²) >= 11 is 1.33. The van der Waals surface area contributed by atoms with Gasteiger partial charge < -0.3 is 0 Å². The molecule has 1 amide bonds. The van der Waals surface area contributed by atoms with E-state index in [9.17, 15) is 13.2 Å². The molecule has 0 bridgehead atoms. The molecule has 1 heterocycles. The van der Waals surface area contributed by atoms with Crippen LogP contribution in [0.5, 0.6) is 0 Å². The molecule has 1 aromatic heterocycles. The van der Waals surface area contributed by atoms with E-state index < -0.39 is 10.0 Å². The van der Waals surface area contributed by atoms with E-state index in [0.717, 1.165) is 16.8 Å². The number of nitrogens with one attached hydrogen (secondary N) is 2. The Hall–Kier alpha value is -3.49. The van der Waals surface area contributed by atoms with E-state index in [0.29, 0.717) is 16.4 Å². The normalized spacial score (nSPS) is 11.1. The Labute approximate surface area is 184 Å². The minimum atomic E-state index is -3.74. The fourth-order valence-electron chi connectivity index (χ4n) is 2.89. The van der Waals surface area contributed by atoms with Crippen molar-refractivity contribution in [3.63, 3.8) is 0 Å². The predicted molar refractivity (Wildman–Crippen MR) is 124 cm³/mol. The van der Waals surface area contributed by atoms with Gasteiger partial charge in [-0.15, -0.1) is 11.3 Å². The lowest BCUT2D eigenvalue weighted by molar-refractivity contribution is 0.102. The van der Waals surface area contributed by atoms with Crippen molar-refractivity contribution in [1.82, 2.24) is 4.98 Å². The van der Waals surface area contributed by atoms with E-state index in [4.69, 9.17) is 0 Å². The number of nitrogens with zero attached hydrogens (tertiary/aromatic N) is 1. The van der Waals surface area contributed by atoms with Gasteiger partial charge in [0.1, 0.15) is 0 Å². The minimum absolute atomic E-state index is 0.149. The standard InChI is InChI=1S/C23H19N3O3S2/c1-16-10-12-17(13-11-16)21-15-30-23(24-21)25-22(27)18-6-5-7-19(14-18)26-31(28,29)20-8-3-2-4-9-20/h2-15,26H,1H3,(H,24,25,27). The molecule has 4 aromatic rings. The number of carbonyl (C=O) groups excluding carboxylic acids is 1. The van der Waals surface area contributed by atoms with Crippen LogP contribution in [0.25, 0.3) is 11.3 Å². The van der Waals surface area contributed by atoms with Crippen molar-refractivity contribution in [2.75, 3.05) is 10.0 Å². The summed E-state index contributed by atoms with van der Waals surface area (Å²) in [6.07, 6.45) is 0. The van der Waals surface area contributed by atoms with Crippen molar-refractivity contribution in [3.05, 3.63) is 95.4 Å². The van der Waals surface area contributed by atoms with Crippen molar-refractivity contribution in [1.29, 1.82) is 0 Å². The number of thiazole rings is 1. The topological polar surface area (TPSA) is 88.2 Å². The van der Waals surface area contributed by atoms with E-state index >= 15 is 0 Å². The molecule has 0 aliphatic rings. The number of sulfonamides is 1. The number of aromatic nitrogens is 1. The highest BCUT2D eigenvalue weighted by Crippen LogP contribution is 2.26. The highest BCUT2D eigenvalue weighted by molar-refractivity contribution is 7.92. The quantitative estimate of drug-likeness (QED) is 0.425. The molecule has 156 valence electrons. The monoisotopic (exact) mass is 449 g/mol. The molecule has 0 saturated heterocycles. The van der Waals surface area contributed by atoms with Crippen molar-refractivity contribution < 1.29 is 13.2 Å². The van der Waals surface area contributed by atoms with E-state index in [2.05, 4.69) is 15.0 Å². The molecule has 3 aromatic carbocycles. The smallest absolute Gasteiger partial charge is 0.261 e. The summed E-state index contributed by atoms with van der Waals surface area (Å²) in [4.78, 5) is 17.3. The molecule has 4 rings (SSSR count). The molecule has 0 aliphatic heterocycles. The SMILES string of the molecule is Cc1ccc(-c2csc(NC(=O)c3cccc(NS(=O)(=O)c4ccccc4)c3)n2)cc1. The number of anilines is 2. The number of carbonyl (C=O) groups is 1. The zero-order valence-electron chi connectivity index (χ0n) is 16.6. The van der Waals surface area contributed by atoms with Crippen LogP contribution in [0.2, 0.25) is 0 Å². The Morgan fingerprint density at radius 2 is 1.68 bits per heavy atom. The summed E-state index contributed by atoms with van der Waals surface area (Å²) in [5.41, 5.74) is 3.54. The third kappa shape index (κ3) is 4.99. The van der Waals surface area contributed by atoms with Gasteiger partial charge in [-0.25, -0.2) is 13.4 Å². The Bertz CT molecular complexity index is 1320. The average molecular weight is 450 g/mol. The highest BCUT2D eigenvalue weighted by Gasteiger charge is 2.15. The number of benzene rings is 3. The van der Waals surface area contributed by atoms with Gasteiger partial charge in [0.05, 0.1) is 10.6 Å². The number of rotatable bonds is 6. The molecule has 0 fully saturated rings. The van der Waals surface area contributed by atoms with Crippen LogP contribution in [0, 0.1) is 6.92 Å². The zero-order chi connectivity index (χ0) is 21.8. The maximum atomic E-state index is 12.7. The molecule has 0 saturated carbocycles. The Morgan fingerprint density at radius 1 is 0.935 bits per heavy atom. The summed E-state index contributed by atoms with van der Waals surface area (Å²) in [7, 11) is -3.74. The molecule has 31 heavy (non-hydrogen) atoms. The van der Waals surface area contributed by atoms with E-state index in [-0.39, 0.29) is 10.8 Å². The Balaban J connectivity index is 1.48. The second kappa shape index (κ2) is 8.71. The zero-order valence-corrected chi connectivity index (χ0v) is 18.2. The number of hydrogen-bond acceptors (Lipinski definition) is 5. The lowest BCUT2D eigenvalue weighted by atomic mass is 10.1. The van der Waals surface area contributed by atoms with E-state index in [1.807, 2.05) is 36.6 Å². The summed E-state index contributed by atoms with van der Waals surface area (Å²) in [6.45, 7) is 2.02. The first-order chi connectivity index (χ1) is 14.9. The van der Waals surface area contributed by atoms with Gasteiger partial charge in [0.2, 0.25) is 0 Å². The summed E-state index contributed by atoms with van der Waals surface area (Å²) in [6, 6.07) is 22.4. The van der Waals surface area contributed by atoms with Gasteiger partial charge in [0, 0.05) is 22.2 Å². The van der Waals surface area contributed by atoms with Crippen LogP contribution in [-0.2, 0) is 10.0 Å². The van der Waals surface area contributed by atoms with Crippen molar-refractivity contribution in [3.8, 4) is 11.3 Å². The second-order valence-electron chi connectivity index (χ2n) is 6.86. The molecule has 6 nitrogen and oxygen atoms in total. The molecule has 0 radical (unpaired) electrons. The Kier molecular flexibility index (Phi) is 5.83. The summed E-state index contributed by atoms with van der Waals surface area (Å²) in [5.74, 6) is -0.370. The second-order valence-corrected chi connectivity index (χ2v) is 9.40. The number of hydrogen-bond donors (Lipinski definition) is 2. The van der Waals surface area contributed by atoms with Gasteiger partial charge in [-0.2, -0.15) is 0 Å². The van der Waals surface area contributed by atoms with Gasteiger partial charge in [0.15, 0.2) is 5.13 Å². The van der Waals surface area contributed by atoms with Crippen LogP contribution in [-0.4, -0.2) is 19.3 Å². The van der Waals surface area contributed by atoms with Gasteiger partial charge >= 0.3 is 0 Å². The molecular weight excluding hydrogens is 430 g/mol. The Morgan fingerprint density at radius 3 is 2.42 bits per heavy atom. The van der Waals surface area contributed by atoms with Crippen molar-refractivity contribution in [2.24, 2.45) is 0 Å². The van der Waals surface area contributed by atoms with E-state index in [1.165, 1.54) is 29.5 Å². The fourth-order valence-corrected chi connectivity index (χ4v) is 4.68. The lowest BCUT2D eigenvalue weighted by Crippen LogP contribution is -2.15. The number of aryl methyl sites for hydroxylation is 1. The molecule has 0 atom stereocenters. The van der Waals surface area contributed by atoms with Gasteiger partial charge in [0.25, 0.3) is 15.9 Å². The summed E-state index contributed by atoms with van der Waals surface area (Å²) < 4.78 is 27.5. The molecule has 2 N–H and O–H groups in total. The van der Waals surface area contributed by atoms with Gasteiger partial charge in [-0.1, -0.05) is 54.1 Å². The first-order valence-electron chi connectivity index (χ1n) is 9.42. The van der Waals surface area contributed by atoms with Crippen molar-refractivity contribution in [2.45, 2.75) is 11.8 Å². The molecule has 0 unspecified atom stereocenters. The first-order valence-corrected chi connectivity index (χ1v) is 11.8. The average Bonchev–Trinajstić information content (AvgIpc) is 3.23. The largest absolute Gasteiger partial charge is 0.298 e. The van der Waals surface area contributed by atoms with Crippen LogP contribution in [0.4, 0.5) is 10.8 Å². The minimum Gasteiger partial charge on any atom is -0.298 e. The third-order valence-corrected chi connectivity index (χ3v) is 6.66. The lowest BCUT2D eigenvalue weighted by Gasteiger charge is -2.09. The predicted octanol–water partition coefficient (Wildman–Crippen LogP) is 5.17. The van der Waals surface area contributed by atoms with Crippen LogP contribution < -0.4 is 10.0 Å². The van der Waals surface area contributed by atoms with Gasteiger partial charge in [-0.3, -0.25) is 14.8 Å². The van der Waals surface area contributed by atoms with Crippen LogP contribution in [0.1, 0.15) is 15.9 Å². The van der Waals surface area contributed by atoms with Crippen LogP contribution >= 0.6 is 11.3 Å². The van der Waals surface area contributed by atoms with E-state index in [1.54, 1.807) is 36.4 Å². The maximum Gasteiger partial charge on any atom is 0.261 e. The molecule has 0 aliphatic carbocycles. The van der Waals surface area contributed by atoms with Gasteiger partial charge in [-0.05, 0) is 37.3 Å². The van der Waals surface area contributed by atoms with Crippen molar-refractivity contribution >= 4 is 38.1 Å². The molecule has 8 heteroatoms. The van der Waals surface area contributed by atoms with Crippen LogP contribution in [0.3, 0.4) is 0 Å². The van der Waals surface area contributed by atoms with Crippen LogP contribution in [0.15, 0.2) is 89.1 Å². The fraction of sp³-hybridized carbons (Fsp3) is 0.0435.